The second-order valence-corrected chi connectivity index (χ2v) is 33.7. The van der Waals surface area contributed by atoms with E-state index >= 15 is 4.79 Å². The number of ether oxygens (including phenoxy) is 14. The molecule has 7 saturated heterocycles. The maximum absolute atomic E-state index is 15.6. The molecule has 0 aromatic heterocycles. The molecule has 4 saturated carbocycles. The molecule has 5 aliphatic carbocycles. The van der Waals surface area contributed by atoms with E-state index in [4.69, 9.17) is 66.3 Å². The topological polar surface area (TPSA) is 591 Å². The Morgan fingerprint density at radius 2 is 1.05 bits per heavy atom. The smallest absolute Gasteiger partial charge is 0.317 e. The van der Waals surface area contributed by atoms with E-state index in [2.05, 4.69) is 40.7 Å². The largest absolute Gasteiger partial charge is 0.432 e. The van der Waals surface area contributed by atoms with E-state index in [-0.39, 0.29) is 30.6 Å². The van der Waals surface area contributed by atoms with Gasteiger partial charge in [0.1, 0.15) is 139 Å². The van der Waals surface area contributed by atoms with Crippen LogP contribution in [-0.4, -0.2) is 380 Å². The number of aliphatic hydroxyl groups is 22. The molecule has 37 heteroatoms. The standard InChI is InChI=1S/C69H112O37/c1-25-50(102-57-49(89)51(30(75)19-93-57)103-61-53(90)68(92,23-72)24-97-61)44(84)48(88)58(98-25)104-52-37(77)29(74)18-94-60(52)106-62(91)69-13-12-63(2,3)14-27(69)26-8-9-35-64(4)15-28(73)54(65(5,22-71)34(64)10-11-66(35,6)67(26,7)16-36(69)76)105-59-47(87)43(83)40(80)33(101-59)21-96-56-46(86)42(82)39(79)32(100-56)20-95-55-45(85)41(81)38(78)31(17-70)99-55/h8,25,27-61,70-90,92H,9-24H2,1-7H3. The van der Waals surface area contributed by atoms with Crippen molar-refractivity contribution in [3.8, 4) is 0 Å². The van der Waals surface area contributed by atoms with Gasteiger partial charge in [0.05, 0.1) is 77.3 Å². The van der Waals surface area contributed by atoms with Crippen molar-refractivity contribution in [3.05, 3.63) is 11.6 Å². The third-order valence-corrected chi connectivity index (χ3v) is 26.7. The Morgan fingerprint density at radius 1 is 0.500 bits per heavy atom. The number of esters is 1. The van der Waals surface area contributed by atoms with Gasteiger partial charge in [0.2, 0.25) is 6.29 Å². The highest BCUT2D eigenvalue weighted by atomic mass is 16.8. The van der Waals surface area contributed by atoms with Gasteiger partial charge in [0.15, 0.2) is 43.8 Å². The second kappa shape index (κ2) is 31.2. The summed E-state index contributed by atoms with van der Waals surface area (Å²) >= 11 is 0. The number of rotatable bonds is 19. The zero-order valence-corrected chi connectivity index (χ0v) is 60.1. The van der Waals surface area contributed by atoms with Gasteiger partial charge in [-0.05, 0) is 97.7 Å². The molecule has 12 rings (SSSR count). The van der Waals surface area contributed by atoms with Gasteiger partial charge in [0.25, 0.3) is 0 Å². The van der Waals surface area contributed by atoms with Crippen molar-refractivity contribution in [1.29, 1.82) is 0 Å². The zero-order chi connectivity index (χ0) is 77.4. The monoisotopic (exact) mass is 1530 g/mol. The third kappa shape index (κ3) is 14.2. The van der Waals surface area contributed by atoms with Crippen LogP contribution in [0.5, 0.6) is 0 Å². The molecule has 7 aliphatic heterocycles. The predicted molar refractivity (Wildman–Crippen MR) is 345 cm³/mol. The molecule has 12 aliphatic rings. The van der Waals surface area contributed by atoms with Crippen molar-refractivity contribution in [2.75, 3.05) is 52.9 Å². The Balaban J connectivity index is 0.717. The van der Waals surface area contributed by atoms with E-state index in [1.54, 1.807) is 6.92 Å². The van der Waals surface area contributed by atoms with Gasteiger partial charge < -0.3 is 179 Å². The molecule has 0 aromatic rings. The first-order valence-electron chi connectivity index (χ1n) is 36.7. The Kier molecular flexibility index (Phi) is 24.5. The van der Waals surface area contributed by atoms with Crippen LogP contribution in [0.2, 0.25) is 0 Å². The number of hydrogen-bond donors (Lipinski definition) is 22. The van der Waals surface area contributed by atoms with Crippen LogP contribution in [0, 0.1) is 50.2 Å². The van der Waals surface area contributed by atoms with Gasteiger partial charge in [-0.3, -0.25) is 4.79 Å². The minimum atomic E-state index is -2.10. The van der Waals surface area contributed by atoms with Crippen molar-refractivity contribution in [1.82, 2.24) is 0 Å². The average Bonchev–Trinajstić information content (AvgIpc) is 0.711. The lowest BCUT2D eigenvalue weighted by atomic mass is 9.33. The van der Waals surface area contributed by atoms with Gasteiger partial charge in [-0.1, -0.05) is 53.2 Å². The van der Waals surface area contributed by atoms with Crippen LogP contribution in [0.15, 0.2) is 11.6 Å². The average molecular weight is 1530 g/mol. The van der Waals surface area contributed by atoms with Crippen molar-refractivity contribution in [3.63, 3.8) is 0 Å². The Labute approximate surface area is 610 Å². The summed E-state index contributed by atoms with van der Waals surface area (Å²) in [6, 6.07) is 0. The highest BCUT2D eigenvalue weighted by Gasteiger charge is 2.74. The first-order valence-corrected chi connectivity index (χ1v) is 36.7. The highest BCUT2D eigenvalue weighted by molar-refractivity contribution is 5.80. The fraction of sp³-hybridized carbons (Fsp3) is 0.957. The van der Waals surface area contributed by atoms with E-state index in [9.17, 15) is 112 Å². The van der Waals surface area contributed by atoms with E-state index < -0.39 is 306 Å². The molecule has 0 bridgehead atoms. The highest BCUT2D eigenvalue weighted by Crippen LogP contribution is 2.76. The summed E-state index contributed by atoms with van der Waals surface area (Å²) in [6.45, 7) is 8.38. The number of carbonyl (C=O) groups excluding carboxylic acids is 1. The molecule has 11 fully saturated rings. The maximum Gasteiger partial charge on any atom is 0.317 e. The van der Waals surface area contributed by atoms with Crippen LogP contribution in [0.1, 0.15) is 99.8 Å². The molecule has 106 heavy (non-hydrogen) atoms. The van der Waals surface area contributed by atoms with Crippen LogP contribution in [0.25, 0.3) is 0 Å². The van der Waals surface area contributed by atoms with E-state index in [1.807, 2.05) is 0 Å². The number of hydrogen-bond acceptors (Lipinski definition) is 37. The zero-order valence-electron chi connectivity index (χ0n) is 60.1. The summed E-state index contributed by atoms with van der Waals surface area (Å²) in [5, 5.41) is 243. The lowest BCUT2D eigenvalue weighted by Crippen LogP contribution is -2.70. The van der Waals surface area contributed by atoms with Crippen LogP contribution in [0.3, 0.4) is 0 Å². The molecule has 42 unspecified atom stereocenters. The van der Waals surface area contributed by atoms with Crippen LogP contribution >= 0.6 is 0 Å². The van der Waals surface area contributed by atoms with Gasteiger partial charge in [0, 0.05) is 5.41 Å². The number of allylic oxidation sites excluding steroid dienone is 2. The van der Waals surface area contributed by atoms with Crippen LogP contribution in [-0.2, 0) is 71.1 Å². The SMILES string of the molecule is CC1OC(OC2C(OC(=O)C34CCC(C)(C)CC3C3=CCC5C6(C)CC(O)C(OC7OC(COC8OC(COC9OC(CO)C(O)C(O)C9O)C(O)C(O)C8O)C(O)C(O)C7O)C(C)(CO)C6CCC5(C)C3(C)CC4O)OCC(O)C2O)C(O)C(O)C1OC1OCC(O)C(OC2OCC(O)(CO)C2O)C1O. The molecule has 37 nitrogen and oxygen atoms in total. The molecular formula is C69H112O37. The van der Waals surface area contributed by atoms with E-state index in [1.165, 1.54) is 6.92 Å². The van der Waals surface area contributed by atoms with Gasteiger partial charge >= 0.3 is 5.97 Å². The number of fused-ring (bicyclic) bond motifs is 7. The van der Waals surface area contributed by atoms with Crippen LogP contribution < -0.4 is 0 Å². The molecule has 22 N–H and O–H groups in total. The molecule has 0 spiro atoms. The Morgan fingerprint density at radius 3 is 1.65 bits per heavy atom. The molecule has 42 atom stereocenters. The molecule has 0 radical (unpaired) electrons. The van der Waals surface area contributed by atoms with Crippen LogP contribution in [0.4, 0.5) is 0 Å². The van der Waals surface area contributed by atoms with Gasteiger partial charge in [-0.25, -0.2) is 0 Å². The van der Waals surface area contributed by atoms with E-state index in [0.29, 0.717) is 32.1 Å². The fourth-order valence-corrected chi connectivity index (χ4v) is 20.1. The lowest BCUT2D eigenvalue weighted by molar-refractivity contribution is -0.372. The minimum absolute atomic E-state index is 0.0488. The Bertz CT molecular complexity index is 3030. The predicted octanol–water partition coefficient (Wildman–Crippen LogP) is -8.70. The van der Waals surface area contributed by atoms with Gasteiger partial charge in [-0.15, -0.1) is 0 Å². The lowest BCUT2D eigenvalue weighted by Gasteiger charge is -2.72. The molecule has 0 amide bonds. The molecular weight excluding hydrogens is 1420 g/mol. The summed E-state index contributed by atoms with van der Waals surface area (Å²) < 4.78 is 81.7. The van der Waals surface area contributed by atoms with Crippen molar-refractivity contribution < 1.29 is 183 Å². The number of aliphatic hydroxyl groups excluding tert-OH is 21. The second-order valence-electron chi connectivity index (χ2n) is 33.7. The summed E-state index contributed by atoms with van der Waals surface area (Å²) in [7, 11) is 0. The summed E-state index contributed by atoms with van der Waals surface area (Å²) in [5.41, 5.74) is -6.81. The van der Waals surface area contributed by atoms with Crippen molar-refractivity contribution in [2.45, 2.75) is 308 Å². The maximum atomic E-state index is 15.6. The normalized spacial score (nSPS) is 55.3. The van der Waals surface area contributed by atoms with Gasteiger partial charge in [-0.2, -0.15) is 0 Å². The third-order valence-electron chi connectivity index (χ3n) is 26.7. The van der Waals surface area contributed by atoms with Crippen molar-refractivity contribution >= 4 is 5.97 Å². The van der Waals surface area contributed by atoms with E-state index in [0.717, 1.165) is 5.57 Å². The fourth-order valence-electron chi connectivity index (χ4n) is 20.1. The molecule has 610 valence electrons. The summed E-state index contributed by atoms with van der Waals surface area (Å²) in [5.74, 6) is -2.23. The first-order chi connectivity index (χ1) is 49.7. The molecule has 7 heterocycles. The Hall–Kier alpha value is -2.19. The summed E-state index contributed by atoms with van der Waals surface area (Å²) in [6.07, 6.45) is -51.7. The first kappa shape index (κ1) is 83.2. The molecule has 0 aromatic carbocycles. The minimum Gasteiger partial charge on any atom is -0.432 e. The van der Waals surface area contributed by atoms with Crippen molar-refractivity contribution in [2.24, 2.45) is 50.2 Å². The number of carbonyl (C=O) groups is 1. The quantitative estimate of drug-likeness (QED) is 0.0324. The summed E-state index contributed by atoms with van der Waals surface area (Å²) in [4.78, 5) is 15.6.